The van der Waals surface area contributed by atoms with Crippen molar-refractivity contribution < 1.29 is 17.9 Å². The summed E-state index contributed by atoms with van der Waals surface area (Å²) >= 11 is 5.56. The molecule has 0 unspecified atom stereocenters. The van der Waals surface area contributed by atoms with E-state index in [1.165, 1.54) is 0 Å². The Morgan fingerprint density at radius 1 is 1.43 bits per heavy atom. The molecule has 21 heavy (non-hydrogen) atoms. The Bertz CT molecular complexity index is 746. The fourth-order valence-electron chi connectivity index (χ4n) is 1.84. The number of hydrogen-bond acceptors (Lipinski definition) is 3. The first-order valence-electron chi connectivity index (χ1n) is 6.05. The van der Waals surface area contributed by atoms with Gasteiger partial charge in [0, 0.05) is 25.5 Å². The van der Waals surface area contributed by atoms with E-state index in [1.807, 2.05) is 0 Å². The first kappa shape index (κ1) is 16.0. The maximum Gasteiger partial charge on any atom is 0.240 e. The summed E-state index contributed by atoms with van der Waals surface area (Å²) in [4.78, 5) is -0.159. The average Bonchev–Trinajstić information content (AvgIpc) is 2.85. The first-order chi connectivity index (χ1) is 9.81. The maximum absolute atomic E-state index is 13.0. The molecule has 0 aliphatic carbocycles. The fraction of sp³-hybridized carbons (Fsp3) is 0.231. The molecule has 0 aliphatic heterocycles. The van der Waals surface area contributed by atoms with Crippen LogP contribution in [0.25, 0.3) is 0 Å². The lowest BCUT2D eigenvalue weighted by atomic mass is 10.2. The number of halogens is 2. The molecule has 0 saturated carbocycles. The van der Waals surface area contributed by atoms with Gasteiger partial charge in [0.2, 0.25) is 10.0 Å². The normalized spacial score (nSPS) is 13.3. The Morgan fingerprint density at radius 2 is 2.14 bits per heavy atom. The molecule has 1 atom stereocenters. The van der Waals surface area contributed by atoms with E-state index >= 15 is 0 Å². The minimum atomic E-state index is -3.87. The van der Waals surface area contributed by atoms with Gasteiger partial charge in [-0.05, 0) is 30.3 Å². The van der Waals surface area contributed by atoms with Crippen LogP contribution < -0.4 is 4.72 Å². The van der Waals surface area contributed by atoms with Crippen molar-refractivity contribution in [2.75, 3.05) is 6.54 Å². The zero-order valence-electron chi connectivity index (χ0n) is 11.1. The van der Waals surface area contributed by atoms with Crippen molar-refractivity contribution in [2.24, 2.45) is 7.05 Å². The quantitative estimate of drug-likeness (QED) is 0.877. The van der Waals surface area contributed by atoms with E-state index in [-0.39, 0.29) is 16.5 Å². The minimum absolute atomic E-state index is 0.159. The number of aryl methyl sites for hydroxylation is 1. The van der Waals surface area contributed by atoms with Crippen molar-refractivity contribution in [1.29, 1.82) is 0 Å². The fourth-order valence-corrected chi connectivity index (χ4v) is 3.15. The molecule has 2 rings (SSSR count). The van der Waals surface area contributed by atoms with E-state index in [2.05, 4.69) is 4.72 Å². The van der Waals surface area contributed by atoms with Crippen molar-refractivity contribution in [3.05, 3.63) is 53.1 Å². The highest BCUT2D eigenvalue weighted by Gasteiger charge is 2.19. The van der Waals surface area contributed by atoms with Crippen LogP contribution in [-0.4, -0.2) is 24.6 Å². The van der Waals surface area contributed by atoms with Crippen LogP contribution >= 0.6 is 11.6 Å². The summed E-state index contributed by atoms with van der Waals surface area (Å²) in [5, 5.41) is 9.69. The monoisotopic (exact) mass is 332 g/mol. The molecular formula is C13H14ClFN2O3S. The summed E-state index contributed by atoms with van der Waals surface area (Å²) in [5.74, 6) is -0.695. The molecule has 5 nitrogen and oxygen atoms in total. The molecule has 114 valence electrons. The minimum Gasteiger partial charge on any atom is -0.386 e. The number of sulfonamides is 1. The molecule has 2 N–H and O–H groups in total. The number of aliphatic hydroxyl groups excluding tert-OH is 1. The van der Waals surface area contributed by atoms with Crippen LogP contribution in [0.3, 0.4) is 0 Å². The number of benzene rings is 1. The Labute approximate surface area is 127 Å². The Balaban J connectivity index is 2.11. The van der Waals surface area contributed by atoms with Crippen molar-refractivity contribution in [3.63, 3.8) is 0 Å². The SMILES string of the molecule is Cn1cccc1[C@H](O)CNS(=O)(=O)c1ccc(F)c(Cl)c1. The zero-order valence-corrected chi connectivity index (χ0v) is 12.7. The lowest BCUT2D eigenvalue weighted by Gasteiger charge is -2.13. The van der Waals surface area contributed by atoms with Gasteiger partial charge in [0.05, 0.1) is 9.92 Å². The lowest BCUT2D eigenvalue weighted by Crippen LogP contribution is -2.29. The number of nitrogens with zero attached hydrogens (tertiary/aromatic N) is 1. The van der Waals surface area contributed by atoms with Gasteiger partial charge in [0.15, 0.2) is 0 Å². The van der Waals surface area contributed by atoms with Crippen molar-refractivity contribution in [3.8, 4) is 0 Å². The molecule has 0 radical (unpaired) electrons. The lowest BCUT2D eigenvalue weighted by molar-refractivity contribution is 0.173. The zero-order chi connectivity index (χ0) is 15.6. The smallest absolute Gasteiger partial charge is 0.240 e. The predicted molar refractivity (Wildman–Crippen MR) is 77.0 cm³/mol. The Hall–Kier alpha value is -1.41. The molecule has 0 bridgehead atoms. The maximum atomic E-state index is 13.0. The summed E-state index contributed by atoms with van der Waals surface area (Å²) in [5.41, 5.74) is 0.579. The summed E-state index contributed by atoms with van der Waals surface area (Å²) in [7, 11) is -2.13. The first-order valence-corrected chi connectivity index (χ1v) is 7.91. The van der Waals surface area contributed by atoms with E-state index in [1.54, 1.807) is 29.9 Å². The van der Waals surface area contributed by atoms with Gasteiger partial charge in [-0.3, -0.25) is 0 Å². The largest absolute Gasteiger partial charge is 0.386 e. The molecule has 0 amide bonds. The molecule has 0 saturated heterocycles. The molecular weight excluding hydrogens is 319 g/mol. The standard InChI is InChI=1S/C13H14ClFN2O3S/c1-17-6-2-3-12(17)13(18)8-16-21(19,20)9-4-5-11(15)10(14)7-9/h2-7,13,16,18H,8H2,1H3/t13-/m1/s1. The summed E-state index contributed by atoms with van der Waals surface area (Å²) in [6.07, 6.45) is 0.753. The molecule has 0 fully saturated rings. The van der Waals surface area contributed by atoms with E-state index in [4.69, 9.17) is 11.6 Å². The average molecular weight is 333 g/mol. The molecule has 0 spiro atoms. The van der Waals surface area contributed by atoms with Crippen LogP contribution in [0, 0.1) is 5.82 Å². The van der Waals surface area contributed by atoms with E-state index in [0.717, 1.165) is 18.2 Å². The Kier molecular flexibility index (Phi) is 4.67. The van der Waals surface area contributed by atoms with Gasteiger partial charge in [0.25, 0.3) is 0 Å². The van der Waals surface area contributed by atoms with Crippen LogP contribution in [0.4, 0.5) is 4.39 Å². The molecule has 0 aliphatic rings. The van der Waals surface area contributed by atoms with Gasteiger partial charge in [-0.1, -0.05) is 11.6 Å². The van der Waals surface area contributed by atoms with E-state index < -0.39 is 21.9 Å². The molecule has 1 aromatic heterocycles. The molecule has 1 aromatic carbocycles. The third kappa shape index (κ3) is 3.62. The number of rotatable bonds is 5. The van der Waals surface area contributed by atoms with Crippen LogP contribution in [0.2, 0.25) is 5.02 Å². The van der Waals surface area contributed by atoms with Gasteiger partial charge in [0.1, 0.15) is 11.9 Å². The molecule has 1 heterocycles. The summed E-state index contributed by atoms with van der Waals surface area (Å²) in [6, 6.07) is 6.54. The second-order valence-electron chi connectivity index (χ2n) is 4.49. The van der Waals surface area contributed by atoms with Gasteiger partial charge < -0.3 is 9.67 Å². The van der Waals surface area contributed by atoms with Crippen LogP contribution in [0.15, 0.2) is 41.4 Å². The summed E-state index contributed by atoms with van der Waals surface area (Å²) in [6.45, 7) is -0.199. The van der Waals surface area contributed by atoms with Crippen molar-refractivity contribution in [2.45, 2.75) is 11.0 Å². The Morgan fingerprint density at radius 3 is 2.71 bits per heavy atom. The highest BCUT2D eigenvalue weighted by Crippen LogP contribution is 2.20. The number of nitrogens with one attached hydrogen (secondary N) is 1. The van der Waals surface area contributed by atoms with Gasteiger partial charge in [-0.15, -0.1) is 0 Å². The molecule has 8 heteroatoms. The second-order valence-corrected chi connectivity index (χ2v) is 6.66. The number of hydrogen-bond donors (Lipinski definition) is 2. The van der Waals surface area contributed by atoms with Gasteiger partial charge in [-0.25, -0.2) is 17.5 Å². The van der Waals surface area contributed by atoms with E-state index in [9.17, 15) is 17.9 Å². The second kappa shape index (κ2) is 6.15. The van der Waals surface area contributed by atoms with E-state index in [0.29, 0.717) is 5.69 Å². The van der Waals surface area contributed by atoms with Crippen LogP contribution in [-0.2, 0) is 17.1 Å². The van der Waals surface area contributed by atoms with Gasteiger partial charge >= 0.3 is 0 Å². The van der Waals surface area contributed by atoms with Gasteiger partial charge in [-0.2, -0.15) is 0 Å². The van der Waals surface area contributed by atoms with Crippen LogP contribution in [0.1, 0.15) is 11.8 Å². The molecule has 2 aromatic rings. The highest BCUT2D eigenvalue weighted by atomic mass is 35.5. The number of aliphatic hydroxyl groups is 1. The summed E-state index contributed by atoms with van der Waals surface area (Å²) < 4.78 is 41.1. The topological polar surface area (TPSA) is 71.3 Å². The van der Waals surface area contributed by atoms with Crippen molar-refractivity contribution >= 4 is 21.6 Å². The van der Waals surface area contributed by atoms with Crippen molar-refractivity contribution in [1.82, 2.24) is 9.29 Å². The third-order valence-corrected chi connectivity index (χ3v) is 4.70. The van der Waals surface area contributed by atoms with Crippen LogP contribution in [0.5, 0.6) is 0 Å². The number of aromatic nitrogens is 1. The predicted octanol–water partition coefficient (Wildman–Crippen LogP) is 1.83. The third-order valence-electron chi connectivity index (χ3n) is 2.99. The highest BCUT2D eigenvalue weighted by molar-refractivity contribution is 7.89.